The van der Waals surface area contributed by atoms with Crippen molar-refractivity contribution < 1.29 is 5.11 Å². The van der Waals surface area contributed by atoms with E-state index in [0.717, 1.165) is 31.6 Å². The average Bonchev–Trinajstić information content (AvgIpc) is 2.33. The Labute approximate surface area is 103 Å². The van der Waals surface area contributed by atoms with Crippen LogP contribution in [0.3, 0.4) is 0 Å². The Morgan fingerprint density at radius 1 is 1.35 bits per heavy atom. The minimum atomic E-state index is -0.181. The molecular weight excluding hydrogens is 212 g/mol. The van der Waals surface area contributed by atoms with Crippen LogP contribution in [0.2, 0.25) is 0 Å². The summed E-state index contributed by atoms with van der Waals surface area (Å²) in [6.45, 7) is 6.00. The van der Waals surface area contributed by atoms with Crippen molar-refractivity contribution in [3.05, 3.63) is 23.8 Å². The number of nitrogens with two attached hydrogens (primary N) is 1. The van der Waals surface area contributed by atoms with Gasteiger partial charge in [-0.25, -0.2) is 0 Å². The van der Waals surface area contributed by atoms with Gasteiger partial charge in [0.15, 0.2) is 0 Å². The molecule has 0 bridgehead atoms. The number of piperidine rings is 1. The lowest BCUT2D eigenvalue weighted by molar-refractivity contribution is 0.110. The smallest absolute Gasteiger partial charge is 0.0541 e. The van der Waals surface area contributed by atoms with Crippen LogP contribution in [0.25, 0.3) is 0 Å². The topological polar surface area (TPSA) is 49.5 Å². The van der Waals surface area contributed by atoms with E-state index in [-0.39, 0.29) is 6.10 Å². The van der Waals surface area contributed by atoms with Gasteiger partial charge in [-0.2, -0.15) is 0 Å². The zero-order chi connectivity index (χ0) is 12.4. The Morgan fingerprint density at radius 2 is 2.00 bits per heavy atom. The molecule has 0 radical (unpaired) electrons. The number of nitrogens with zero attached hydrogens (tertiary/aromatic N) is 1. The van der Waals surface area contributed by atoms with Gasteiger partial charge in [0.2, 0.25) is 0 Å². The van der Waals surface area contributed by atoms with Crippen molar-refractivity contribution in [2.45, 2.75) is 32.8 Å². The molecule has 17 heavy (non-hydrogen) atoms. The fourth-order valence-electron chi connectivity index (χ4n) is 2.61. The second kappa shape index (κ2) is 4.96. The molecule has 1 fully saturated rings. The average molecular weight is 234 g/mol. The van der Waals surface area contributed by atoms with E-state index in [1.807, 2.05) is 19.1 Å². The molecule has 3 nitrogen and oxygen atoms in total. The zero-order valence-electron chi connectivity index (χ0n) is 10.7. The highest BCUT2D eigenvalue weighted by atomic mass is 16.3. The molecule has 2 rings (SSSR count). The zero-order valence-corrected chi connectivity index (χ0v) is 10.7. The molecule has 1 atom stereocenters. The van der Waals surface area contributed by atoms with Gasteiger partial charge < -0.3 is 15.7 Å². The number of rotatable bonds is 2. The second-order valence-corrected chi connectivity index (χ2v) is 5.06. The van der Waals surface area contributed by atoms with Crippen molar-refractivity contribution in [2.24, 2.45) is 5.92 Å². The molecule has 1 unspecified atom stereocenters. The third-order valence-electron chi connectivity index (χ3n) is 3.91. The van der Waals surface area contributed by atoms with E-state index in [1.54, 1.807) is 0 Å². The predicted octanol–water partition coefficient (Wildman–Crippen LogP) is 2.17. The van der Waals surface area contributed by atoms with E-state index in [2.05, 4.69) is 17.9 Å². The van der Waals surface area contributed by atoms with Crippen molar-refractivity contribution >= 4 is 11.4 Å². The van der Waals surface area contributed by atoms with Gasteiger partial charge in [-0.3, -0.25) is 0 Å². The molecule has 3 N–H and O–H groups in total. The second-order valence-electron chi connectivity index (χ2n) is 5.06. The Hall–Kier alpha value is -1.22. The molecule has 1 heterocycles. The molecule has 0 aliphatic carbocycles. The van der Waals surface area contributed by atoms with E-state index in [1.165, 1.54) is 11.3 Å². The van der Waals surface area contributed by atoms with Gasteiger partial charge in [-0.05, 0) is 50.3 Å². The Balaban J connectivity index is 2.08. The Kier molecular flexibility index (Phi) is 3.57. The van der Waals surface area contributed by atoms with Crippen molar-refractivity contribution in [3.8, 4) is 0 Å². The van der Waals surface area contributed by atoms with Gasteiger partial charge in [0.1, 0.15) is 0 Å². The maximum absolute atomic E-state index is 9.59. The summed E-state index contributed by atoms with van der Waals surface area (Å²) in [5, 5.41) is 9.59. The molecule has 1 aromatic rings. The lowest BCUT2D eigenvalue weighted by Gasteiger charge is -2.35. The van der Waals surface area contributed by atoms with Crippen molar-refractivity contribution in [2.75, 3.05) is 23.7 Å². The lowest BCUT2D eigenvalue weighted by Crippen LogP contribution is -2.37. The fraction of sp³-hybridized carbons (Fsp3) is 0.571. The lowest BCUT2D eigenvalue weighted by atomic mass is 9.91. The number of nitrogen functional groups attached to an aromatic ring is 1. The van der Waals surface area contributed by atoms with Gasteiger partial charge in [-0.15, -0.1) is 0 Å². The van der Waals surface area contributed by atoms with Gasteiger partial charge in [0.25, 0.3) is 0 Å². The summed E-state index contributed by atoms with van der Waals surface area (Å²) in [7, 11) is 0. The van der Waals surface area contributed by atoms with Crippen LogP contribution < -0.4 is 10.6 Å². The van der Waals surface area contributed by atoms with Crippen LogP contribution in [0.5, 0.6) is 0 Å². The number of anilines is 2. The van der Waals surface area contributed by atoms with Crippen LogP contribution in [-0.2, 0) is 0 Å². The summed E-state index contributed by atoms with van der Waals surface area (Å²) in [6, 6.07) is 6.09. The molecule has 1 aliphatic heterocycles. The first-order valence-electron chi connectivity index (χ1n) is 6.37. The third kappa shape index (κ3) is 2.55. The first kappa shape index (κ1) is 12.2. The number of hydrogen-bond donors (Lipinski definition) is 2. The Morgan fingerprint density at radius 3 is 2.59 bits per heavy atom. The summed E-state index contributed by atoms with van der Waals surface area (Å²) in [6.07, 6.45) is 1.94. The summed E-state index contributed by atoms with van der Waals surface area (Å²) in [5.74, 6) is 0.451. The maximum atomic E-state index is 9.59. The van der Waals surface area contributed by atoms with Crippen LogP contribution in [0.1, 0.15) is 25.3 Å². The van der Waals surface area contributed by atoms with Crippen LogP contribution >= 0.6 is 0 Å². The molecular formula is C14H22N2O. The van der Waals surface area contributed by atoms with E-state index in [0.29, 0.717) is 5.92 Å². The van der Waals surface area contributed by atoms with Crippen LogP contribution in [-0.4, -0.2) is 24.3 Å². The molecule has 0 saturated carbocycles. The molecule has 0 amide bonds. The van der Waals surface area contributed by atoms with Crippen molar-refractivity contribution in [3.63, 3.8) is 0 Å². The van der Waals surface area contributed by atoms with Crippen LogP contribution in [0, 0.1) is 12.8 Å². The minimum absolute atomic E-state index is 0.181. The van der Waals surface area contributed by atoms with Crippen LogP contribution in [0.15, 0.2) is 18.2 Å². The quantitative estimate of drug-likeness (QED) is 0.771. The van der Waals surface area contributed by atoms with Crippen molar-refractivity contribution in [1.29, 1.82) is 0 Å². The van der Waals surface area contributed by atoms with Gasteiger partial charge >= 0.3 is 0 Å². The van der Waals surface area contributed by atoms with E-state index in [4.69, 9.17) is 5.73 Å². The predicted molar refractivity (Wildman–Crippen MR) is 72.2 cm³/mol. The number of hydrogen-bond acceptors (Lipinski definition) is 3. The number of aliphatic hydroxyl groups excluding tert-OH is 1. The molecule has 1 saturated heterocycles. The summed E-state index contributed by atoms with van der Waals surface area (Å²) >= 11 is 0. The Bertz CT molecular complexity index is 382. The molecule has 0 aromatic heterocycles. The molecule has 1 aromatic carbocycles. The number of aliphatic hydroxyl groups is 1. The number of benzene rings is 1. The van der Waals surface area contributed by atoms with Crippen molar-refractivity contribution in [1.82, 2.24) is 0 Å². The molecule has 1 aliphatic rings. The van der Waals surface area contributed by atoms with E-state index in [9.17, 15) is 5.11 Å². The van der Waals surface area contributed by atoms with E-state index >= 15 is 0 Å². The highest BCUT2D eigenvalue weighted by Crippen LogP contribution is 2.29. The maximum Gasteiger partial charge on any atom is 0.0541 e. The van der Waals surface area contributed by atoms with Gasteiger partial charge in [-0.1, -0.05) is 6.07 Å². The largest absolute Gasteiger partial charge is 0.398 e. The highest BCUT2D eigenvalue weighted by Gasteiger charge is 2.23. The van der Waals surface area contributed by atoms with E-state index < -0.39 is 0 Å². The summed E-state index contributed by atoms with van der Waals surface area (Å²) < 4.78 is 0. The highest BCUT2D eigenvalue weighted by molar-refractivity contribution is 5.64. The molecule has 0 spiro atoms. The standard InChI is InChI=1S/C14H22N2O/c1-10-13(15)4-3-5-14(10)16-8-6-12(7-9-16)11(2)17/h3-5,11-12,17H,6-9,15H2,1-2H3. The fourth-order valence-corrected chi connectivity index (χ4v) is 2.61. The van der Waals surface area contributed by atoms with Crippen LogP contribution in [0.4, 0.5) is 11.4 Å². The SMILES string of the molecule is Cc1c(N)cccc1N1CCC(C(C)O)CC1. The first-order valence-corrected chi connectivity index (χ1v) is 6.37. The first-order chi connectivity index (χ1) is 8.09. The van der Waals surface area contributed by atoms with Gasteiger partial charge in [0.05, 0.1) is 6.10 Å². The summed E-state index contributed by atoms with van der Waals surface area (Å²) in [5.41, 5.74) is 9.21. The normalized spacial score (nSPS) is 19.4. The third-order valence-corrected chi connectivity index (χ3v) is 3.91. The molecule has 94 valence electrons. The monoisotopic (exact) mass is 234 g/mol. The summed E-state index contributed by atoms with van der Waals surface area (Å²) in [4.78, 5) is 2.38. The molecule has 3 heteroatoms. The minimum Gasteiger partial charge on any atom is -0.398 e. The van der Waals surface area contributed by atoms with Gasteiger partial charge in [0, 0.05) is 24.5 Å².